The normalized spacial score (nSPS) is 16.4. The standard InChI is InChI=1S/C29H30BrN3O5S2/c1-2-3-4-8-19-38-24-15-13-22(14-16-24)31-27(34)20-26-28(35)33(23-9-6-5-7-10-23)29(39-26)32-40(36,37)25-17-11-21(30)12-18-25/h5-7,9-18,26H,2-4,8,19-20H2,1H3,(H,31,34)/b32-29+. The molecule has 3 aromatic rings. The summed E-state index contributed by atoms with van der Waals surface area (Å²) < 4.78 is 36.6. The first kappa shape index (κ1) is 29.8. The van der Waals surface area contributed by atoms with Crippen molar-refractivity contribution in [1.82, 2.24) is 0 Å². The molecule has 0 radical (unpaired) electrons. The van der Waals surface area contributed by atoms with Gasteiger partial charge in [-0.05, 0) is 67.1 Å². The minimum absolute atomic E-state index is 0.00107. The lowest BCUT2D eigenvalue weighted by molar-refractivity contribution is -0.121. The number of ether oxygens (including phenoxy) is 1. The number of carbonyl (C=O) groups is 2. The molecule has 1 aliphatic heterocycles. The van der Waals surface area contributed by atoms with Crippen LogP contribution in [0.3, 0.4) is 0 Å². The number of rotatable bonds is 12. The van der Waals surface area contributed by atoms with Crippen LogP contribution < -0.4 is 15.0 Å². The Morgan fingerprint density at radius 1 is 1.00 bits per heavy atom. The van der Waals surface area contributed by atoms with E-state index in [0.29, 0.717) is 18.0 Å². The average Bonchev–Trinajstić information content (AvgIpc) is 3.23. The molecular weight excluding hydrogens is 614 g/mol. The van der Waals surface area contributed by atoms with E-state index in [1.165, 1.54) is 29.9 Å². The lowest BCUT2D eigenvalue weighted by Crippen LogP contribution is -2.33. The van der Waals surface area contributed by atoms with Crippen molar-refractivity contribution in [2.75, 3.05) is 16.8 Å². The molecule has 0 bridgehead atoms. The lowest BCUT2D eigenvalue weighted by Gasteiger charge is -2.16. The van der Waals surface area contributed by atoms with Gasteiger partial charge in [0.2, 0.25) is 11.8 Å². The zero-order valence-corrected chi connectivity index (χ0v) is 25.2. The first-order valence-electron chi connectivity index (χ1n) is 13.0. The van der Waals surface area contributed by atoms with Crippen LogP contribution in [0.15, 0.2) is 92.6 Å². The summed E-state index contributed by atoms with van der Waals surface area (Å²) in [6.07, 6.45) is 4.33. The van der Waals surface area contributed by atoms with E-state index in [1.807, 2.05) is 0 Å². The molecule has 0 aromatic heterocycles. The number of amides is 2. The Balaban J connectivity index is 1.45. The monoisotopic (exact) mass is 643 g/mol. The summed E-state index contributed by atoms with van der Waals surface area (Å²) in [5, 5.41) is 1.96. The van der Waals surface area contributed by atoms with E-state index in [0.717, 1.165) is 34.8 Å². The van der Waals surface area contributed by atoms with Crippen LogP contribution in [0.2, 0.25) is 0 Å². The number of halogens is 1. The molecule has 1 N–H and O–H groups in total. The molecule has 2 amide bonds. The molecule has 4 rings (SSSR count). The van der Waals surface area contributed by atoms with Gasteiger partial charge in [-0.25, -0.2) is 0 Å². The Bertz CT molecular complexity index is 1450. The van der Waals surface area contributed by atoms with Crippen LogP contribution in [0.25, 0.3) is 0 Å². The van der Waals surface area contributed by atoms with Crippen molar-refractivity contribution in [2.45, 2.75) is 49.2 Å². The lowest BCUT2D eigenvalue weighted by atomic mass is 10.2. The number of hydrogen-bond acceptors (Lipinski definition) is 6. The van der Waals surface area contributed by atoms with Gasteiger partial charge < -0.3 is 10.1 Å². The van der Waals surface area contributed by atoms with Crippen molar-refractivity contribution in [3.63, 3.8) is 0 Å². The summed E-state index contributed by atoms with van der Waals surface area (Å²) in [5.41, 5.74) is 1.04. The summed E-state index contributed by atoms with van der Waals surface area (Å²) in [6.45, 7) is 2.81. The Kier molecular flexibility index (Phi) is 10.4. The van der Waals surface area contributed by atoms with Gasteiger partial charge in [-0.1, -0.05) is 72.1 Å². The molecule has 0 saturated carbocycles. The maximum Gasteiger partial charge on any atom is 0.284 e. The maximum atomic E-state index is 13.4. The average molecular weight is 645 g/mol. The molecule has 0 aliphatic carbocycles. The van der Waals surface area contributed by atoms with Crippen LogP contribution in [0, 0.1) is 0 Å². The van der Waals surface area contributed by atoms with Gasteiger partial charge in [-0.2, -0.15) is 8.42 Å². The van der Waals surface area contributed by atoms with Crippen LogP contribution in [-0.2, 0) is 19.6 Å². The predicted octanol–water partition coefficient (Wildman–Crippen LogP) is 6.63. The number of amidine groups is 1. The van der Waals surface area contributed by atoms with E-state index in [-0.39, 0.29) is 22.4 Å². The highest BCUT2D eigenvalue weighted by atomic mass is 79.9. The van der Waals surface area contributed by atoms with Crippen molar-refractivity contribution < 1.29 is 22.7 Å². The number of carbonyl (C=O) groups excluding carboxylic acids is 2. The number of unbranched alkanes of at least 4 members (excludes halogenated alkanes) is 3. The van der Waals surface area contributed by atoms with E-state index in [2.05, 4.69) is 32.6 Å². The smallest absolute Gasteiger partial charge is 0.284 e. The van der Waals surface area contributed by atoms with E-state index in [9.17, 15) is 18.0 Å². The molecule has 8 nitrogen and oxygen atoms in total. The van der Waals surface area contributed by atoms with Gasteiger partial charge in [0, 0.05) is 16.6 Å². The van der Waals surface area contributed by atoms with Crippen molar-refractivity contribution >= 4 is 66.1 Å². The van der Waals surface area contributed by atoms with Crippen LogP contribution in [0.1, 0.15) is 39.0 Å². The summed E-state index contributed by atoms with van der Waals surface area (Å²) in [4.78, 5) is 27.5. The van der Waals surface area contributed by atoms with E-state index < -0.39 is 21.2 Å². The van der Waals surface area contributed by atoms with Crippen LogP contribution in [0.5, 0.6) is 5.75 Å². The second-order valence-corrected chi connectivity index (χ2v) is 12.8. The van der Waals surface area contributed by atoms with Crippen molar-refractivity contribution in [1.29, 1.82) is 0 Å². The fourth-order valence-corrected chi connectivity index (χ4v) is 6.57. The SMILES string of the molecule is CCCCCCOc1ccc(NC(=O)CC2S/C(=N/S(=O)(=O)c3ccc(Br)cc3)N(c3ccccc3)C2=O)cc1. The molecule has 1 atom stereocenters. The van der Waals surface area contributed by atoms with Crippen LogP contribution in [0.4, 0.5) is 11.4 Å². The number of anilines is 2. The minimum atomic E-state index is -4.10. The Labute approximate surface area is 247 Å². The van der Waals surface area contributed by atoms with Crippen molar-refractivity contribution in [3.8, 4) is 5.75 Å². The van der Waals surface area contributed by atoms with E-state index >= 15 is 0 Å². The van der Waals surface area contributed by atoms with Crippen molar-refractivity contribution in [2.24, 2.45) is 4.40 Å². The highest BCUT2D eigenvalue weighted by Gasteiger charge is 2.41. The number of thioether (sulfide) groups is 1. The zero-order chi connectivity index (χ0) is 28.5. The molecule has 1 fully saturated rings. The van der Waals surface area contributed by atoms with Gasteiger partial charge >= 0.3 is 0 Å². The maximum absolute atomic E-state index is 13.4. The Hall–Kier alpha value is -3.15. The Morgan fingerprint density at radius 2 is 1.70 bits per heavy atom. The molecule has 1 aliphatic rings. The first-order valence-corrected chi connectivity index (χ1v) is 16.1. The van der Waals surface area contributed by atoms with Crippen LogP contribution >= 0.6 is 27.7 Å². The zero-order valence-electron chi connectivity index (χ0n) is 22.0. The van der Waals surface area contributed by atoms with Gasteiger partial charge in [0.05, 0.1) is 17.2 Å². The molecule has 1 unspecified atom stereocenters. The van der Waals surface area contributed by atoms with Gasteiger partial charge in [-0.3, -0.25) is 14.5 Å². The fourth-order valence-electron chi connectivity index (χ4n) is 3.97. The molecule has 1 heterocycles. The Morgan fingerprint density at radius 3 is 2.38 bits per heavy atom. The third kappa shape index (κ3) is 7.96. The molecular formula is C29H30BrN3O5S2. The molecule has 210 valence electrons. The molecule has 3 aromatic carbocycles. The van der Waals surface area contributed by atoms with E-state index in [4.69, 9.17) is 4.74 Å². The van der Waals surface area contributed by atoms with Gasteiger partial charge in [0.1, 0.15) is 11.0 Å². The second kappa shape index (κ2) is 14.0. The number of nitrogens with one attached hydrogen (secondary N) is 1. The quantitative estimate of drug-likeness (QED) is 0.222. The number of sulfonamides is 1. The number of nitrogens with zero attached hydrogens (tertiary/aromatic N) is 2. The third-order valence-electron chi connectivity index (χ3n) is 6.03. The third-order valence-corrected chi connectivity index (χ3v) is 9.10. The first-order chi connectivity index (χ1) is 19.3. The summed E-state index contributed by atoms with van der Waals surface area (Å²) in [5.74, 6) is -0.0607. The molecule has 0 spiro atoms. The second-order valence-electron chi connectivity index (χ2n) is 9.10. The largest absolute Gasteiger partial charge is 0.494 e. The number of para-hydroxylation sites is 1. The van der Waals surface area contributed by atoms with Gasteiger partial charge in [-0.15, -0.1) is 4.40 Å². The minimum Gasteiger partial charge on any atom is -0.494 e. The summed E-state index contributed by atoms with van der Waals surface area (Å²) in [7, 11) is -4.10. The summed E-state index contributed by atoms with van der Waals surface area (Å²) >= 11 is 4.25. The van der Waals surface area contributed by atoms with Crippen LogP contribution in [-0.4, -0.2) is 37.3 Å². The van der Waals surface area contributed by atoms with Crippen molar-refractivity contribution in [3.05, 3.63) is 83.3 Å². The molecule has 11 heteroatoms. The van der Waals surface area contributed by atoms with Gasteiger partial charge in [0.15, 0.2) is 5.17 Å². The predicted molar refractivity (Wildman–Crippen MR) is 163 cm³/mol. The van der Waals surface area contributed by atoms with E-state index in [1.54, 1.807) is 66.7 Å². The molecule has 40 heavy (non-hydrogen) atoms. The number of hydrogen-bond donors (Lipinski definition) is 1. The topological polar surface area (TPSA) is 105 Å². The molecule has 1 saturated heterocycles. The summed E-state index contributed by atoms with van der Waals surface area (Å²) in [6, 6.07) is 21.8. The highest BCUT2D eigenvalue weighted by molar-refractivity contribution is 9.10. The van der Waals surface area contributed by atoms with Gasteiger partial charge in [0.25, 0.3) is 10.0 Å². The number of benzene rings is 3. The fraction of sp³-hybridized carbons (Fsp3) is 0.276. The highest BCUT2D eigenvalue weighted by Crippen LogP contribution is 2.35.